The Morgan fingerprint density at radius 2 is 2.25 bits per heavy atom. The average molecular weight is 219 g/mol. The van der Waals surface area contributed by atoms with Crippen molar-refractivity contribution in [1.29, 1.82) is 0 Å². The van der Waals surface area contributed by atoms with E-state index in [2.05, 4.69) is 41.3 Å². The van der Waals surface area contributed by atoms with E-state index >= 15 is 0 Å². The van der Waals surface area contributed by atoms with Crippen molar-refractivity contribution in [2.75, 3.05) is 6.67 Å². The Bertz CT molecular complexity index is 397. The highest BCUT2D eigenvalue weighted by atomic mass is 16.1. The third kappa shape index (κ3) is 2.66. The van der Waals surface area contributed by atoms with Crippen LogP contribution < -0.4 is 16.2 Å². The van der Waals surface area contributed by atoms with E-state index in [0.29, 0.717) is 6.42 Å². The van der Waals surface area contributed by atoms with E-state index in [9.17, 15) is 4.79 Å². The van der Waals surface area contributed by atoms with Gasteiger partial charge in [-0.1, -0.05) is 23.8 Å². The fourth-order valence-corrected chi connectivity index (χ4v) is 2.01. The lowest BCUT2D eigenvalue weighted by Gasteiger charge is -2.13. The van der Waals surface area contributed by atoms with Crippen LogP contribution in [0.5, 0.6) is 0 Å². The van der Waals surface area contributed by atoms with Gasteiger partial charge in [-0.2, -0.15) is 0 Å². The quantitative estimate of drug-likeness (QED) is 0.703. The second-order valence-electron chi connectivity index (χ2n) is 4.27. The summed E-state index contributed by atoms with van der Waals surface area (Å²) in [5.41, 5.74) is 9.59. The molecular formula is C12H17N3O. The van der Waals surface area contributed by atoms with E-state index in [1.807, 2.05) is 0 Å². The minimum absolute atomic E-state index is 0.130. The minimum atomic E-state index is 0.130. The molecule has 1 unspecified atom stereocenters. The van der Waals surface area contributed by atoms with Gasteiger partial charge in [-0.05, 0) is 25.0 Å². The Hall–Kier alpha value is -1.23. The van der Waals surface area contributed by atoms with Crippen molar-refractivity contribution in [2.24, 2.45) is 0 Å². The molecule has 1 aromatic carbocycles. The Kier molecular flexibility index (Phi) is 3.33. The van der Waals surface area contributed by atoms with Crippen molar-refractivity contribution < 1.29 is 4.79 Å². The number of carbonyl (C=O) groups excluding carboxylic acids is 1. The summed E-state index contributed by atoms with van der Waals surface area (Å²) in [4.78, 5) is 11.1. The minimum Gasteiger partial charge on any atom is -0.300 e. The Balaban J connectivity index is 2.24. The van der Waals surface area contributed by atoms with Gasteiger partial charge in [0.25, 0.3) is 0 Å². The second kappa shape index (κ2) is 4.74. The van der Waals surface area contributed by atoms with Crippen molar-refractivity contribution in [2.45, 2.75) is 26.4 Å². The van der Waals surface area contributed by atoms with Gasteiger partial charge in [0, 0.05) is 6.42 Å². The third-order valence-corrected chi connectivity index (χ3v) is 2.59. The van der Waals surface area contributed by atoms with Gasteiger partial charge in [0.1, 0.15) is 5.78 Å². The van der Waals surface area contributed by atoms with Crippen LogP contribution in [0.2, 0.25) is 0 Å². The monoisotopic (exact) mass is 219 g/mol. The molecule has 1 atom stereocenters. The molecule has 4 nitrogen and oxygen atoms in total. The van der Waals surface area contributed by atoms with Gasteiger partial charge in [0.05, 0.1) is 12.8 Å². The van der Waals surface area contributed by atoms with Crippen molar-refractivity contribution >= 4 is 5.78 Å². The van der Waals surface area contributed by atoms with Crippen LogP contribution in [0.3, 0.4) is 0 Å². The zero-order chi connectivity index (χ0) is 11.5. The Morgan fingerprint density at radius 1 is 1.44 bits per heavy atom. The summed E-state index contributed by atoms with van der Waals surface area (Å²) in [5.74, 6) is 0.196. The van der Waals surface area contributed by atoms with E-state index in [1.54, 1.807) is 6.92 Å². The molecule has 0 aliphatic carbocycles. The molecule has 1 aliphatic heterocycles. The third-order valence-electron chi connectivity index (χ3n) is 2.59. The number of hydrazine groups is 1. The second-order valence-corrected chi connectivity index (χ2v) is 4.27. The summed E-state index contributed by atoms with van der Waals surface area (Å²) in [6.45, 7) is 4.42. The molecule has 1 aliphatic rings. The molecule has 0 spiro atoms. The van der Waals surface area contributed by atoms with Gasteiger partial charge < -0.3 is 0 Å². The Labute approximate surface area is 95.4 Å². The SMILES string of the molecule is CC(=O)Cc1cc(C)cc(C2NCNN2)c1. The molecule has 0 aromatic heterocycles. The molecule has 1 fully saturated rings. The summed E-state index contributed by atoms with van der Waals surface area (Å²) in [7, 11) is 0. The van der Waals surface area contributed by atoms with Crippen molar-refractivity contribution in [3.63, 3.8) is 0 Å². The lowest BCUT2D eigenvalue weighted by molar-refractivity contribution is -0.116. The number of aryl methyl sites for hydroxylation is 1. The highest BCUT2D eigenvalue weighted by Gasteiger charge is 2.15. The predicted octanol–water partition coefficient (Wildman–Crippen LogP) is 0.780. The molecule has 1 aromatic rings. The Morgan fingerprint density at radius 3 is 2.88 bits per heavy atom. The number of Topliss-reactive ketones (excluding diaryl/α,β-unsaturated/α-hetero) is 1. The number of nitrogens with one attached hydrogen (secondary N) is 3. The normalized spacial score (nSPS) is 20.0. The van der Waals surface area contributed by atoms with Crippen LogP contribution in [0.25, 0.3) is 0 Å². The molecule has 1 saturated heterocycles. The summed E-state index contributed by atoms with van der Waals surface area (Å²) >= 11 is 0. The highest BCUT2D eigenvalue weighted by molar-refractivity contribution is 5.78. The summed E-state index contributed by atoms with van der Waals surface area (Å²) < 4.78 is 0. The van der Waals surface area contributed by atoms with Crippen LogP contribution in [0.4, 0.5) is 0 Å². The zero-order valence-corrected chi connectivity index (χ0v) is 9.63. The molecule has 1 heterocycles. The number of hydrogen-bond acceptors (Lipinski definition) is 4. The van der Waals surface area contributed by atoms with E-state index < -0.39 is 0 Å². The van der Waals surface area contributed by atoms with Crippen molar-refractivity contribution in [3.8, 4) is 0 Å². The molecule has 0 saturated carbocycles. The van der Waals surface area contributed by atoms with E-state index in [-0.39, 0.29) is 11.9 Å². The van der Waals surface area contributed by atoms with Gasteiger partial charge >= 0.3 is 0 Å². The molecule has 2 rings (SSSR count). The molecule has 86 valence electrons. The molecule has 4 heteroatoms. The summed E-state index contributed by atoms with van der Waals surface area (Å²) in [6.07, 6.45) is 0.639. The molecule has 16 heavy (non-hydrogen) atoms. The maximum atomic E-state index is 11.1. The van der Waals surface area contributed by atoms with Crippen LogP contribution in [0.15, 0.2) is 18.2 Å². The van der Waals surface area contributed by atoms with Crippen molar-refractivity contribution in [3.05, 3.63) is 34.9 Å². The summed E-state index contributed by atoms with van der Waals surface area (Å²) in [5, 5.41) is 3.27. The number of carbonyl (C=O) groups is 1. The fraction of sp³-hybridized carbons (Fsp3) is 0.417. The molecule has 3 N–H and O–H groups in total. The first-order valence-corrected chi connectivity index (χ1v) is 5.47. The topological polar surface area (TPSA) is 53.2 Å². The van der Waals surface area contributed by atoms with E-state index in [0.717, 1.165) is 12.2 Å². The number of hydrogen-bond donors (Lipinski definition) is 3. The number of rotatable bonds is 3. The summed E-state index contributed by atoms with van der Waals surface area (Å²) in [6, 6.07) is 6.26. The first kappa shape index (κ1) is 11.3. The number of benzene rings is 1. The lowest BCUT2D eigenvalue weighted by atomic mass is 10.0. The smallest absolute Gasteiger partial charge is 0.134 e. The van der Waals surface area contributed by atoms with Crippen LogP contribution in [-0.4, -0.2) is 12.5 Å². The van der Waals surface area contributed by atoms with Gasteiger partial charge in [0.15, 0.2) is 0 Å². The standard InChI is InChI=1S/C12H17N3O/c1-8-3-10(5-9(2)16)6-11(4-8)12-13-7-14-15-12/h3-4,6,12-15H,5,7H2,1-2H3. The molecular weight excluding hydrogens is 202 g/mol. The van der Waals surface area contributed by atoms with Gasteiger partial charge in [0.2, 0.25) is 0 Å². The van der Waals surface area contributed by atoms with Crippen LogP contribution in [-0.2, 0) is 11.2 Å². The molecule has 0 amide bonds. The fourth-order valence-electron chi connectivity index (χ4n) is 2.01. The maximum Gasteiger partial charge on any atom is 0.134 e. The van der Waals surface area contributed by atoms with Gasteiger partial charge in [-0.3, -0.25) is 10.1 Å². The predicted molar refractivity (Wildman–Crippen MR) is 62.6 cm³/mol. The lowest BCUT2D eigenvalue weighted by Crippen LogP contribution is -2.25. The highest BCUT2D eigenvalue weighted by Crippen LogP contribution is 2.17. The molecule has 0 bridgehead atoms. The number of ketones is 1. The van der Waals surface area contributed by atoms with Gasteiger partial charge in [-0.25, -0.2) is 10.9 Å². The largest absolute Gasteiger partial charge is 0.300 e. The average Bonchev–Trinajstić information content (AvgIpc) is 2.67. The first-order chi connectivity index (χ1) is 7.65. The maximum absolute atomic E-state index is 11.1. The van der Waals surface area contributed by atoms with Crippen LogP contribution in [0, 0.1) is 6.92 Å². The van der Waals surface area contributed by atoms with Crippen LogP contribution in [0.1, 0.15) is 29.8 Å². The van der Waals surface area contributed by atoms with Crippen molar-refractivity contribution in [1.82, 2.24) is 16.2 Å². The molecule has 0 radical (unpaired) electrons. The first-order valence-electron chi connectivity index (χ1n) is 5.47. The van der Waals surface area contributed by atoms with E-state index in [4.69, 9.17) is 0 Å². The van der Waals surface area contributed by atoms with Crippen LogP contribution >= 0.6 is 0 Å². The zero-order valence-electron chi connectivity index (χ0n) is 9.63. The van der Waals surface area contributed by atoms with Gasteiger partial charge in [-0.15, -0.1) is 0 Å². The van der Waals surface area contributed by atoms with E-state index in [1.165, 1.54) is 11.1 Å².